The largest absolute Gasteiger partial charge is 0.392 e. The van der Waals surface area contributed by atoms with E-state index in [1.54, 1.807) is 0 Å². The summed E-state index contributed by atoms with van der Waals surface area (Å²) in [6.45, 7) is 2.63. The number of nitrogens with zero attached hydrogens (tertiary/aromatic N) is 1. The zero-order valence-electron chi connectivity index (χ0n) is 12.7. The van der Waals surface area contributed by atoms with E-state index in [2.05, 4.69) is 0 Å². The van der Waals surface area contributed by atoms with Gasteiger partial charge in [-0.05, 0) is 31.9 Å². The van der Waals surface area contributed by atoms with Crippen LogP contribution < -0.4 is 10.6 Å². The van der Waals surface area contributed by atoms with Crippen LogP contribution >= 0.6 is 12.2 Å². The maximum atomic E-state index is 13.2. The number of carbonyl (C=O) groups excluding carboxylic acids is 1. The summed E-state index contributed by atoms with van der Waals surface area (Å²) in [7, 11) is 0. The highest BCUT2D eigenvalue weighted by atomic mass is 32.1. The Kier molecular flexibility index (Phi) is 5.34. The monoisotopic (exact) mass is 304 g/mol. The van der Waals surface area contributed by atoms with E-state index in [9.17, 15) is 4.79 Å². The maximum absolute atomic E-state index is 13.2. The van der Waals surface area contributed by atoms with Gasteiger partial charge in [0.2, 0.25) is 5.91 Å². The van der Waals surface area contributed by atoms with Crippen molar-refractivity contribution in [1.82, 2.24) is 0 Å². The van der Waals surface area contributed by atoms with Crippen molar-refractivity contribution in [2.24, 2.45) is 11.1 Å². The molecule has 1 saturated carbocycles. The molecule has 1 aromatic carbocycles. The Bertz CT molecular complexity index is 493. The summed E-state index contributed by atoms with van der Waals surface area (Å²) in [6.07, 6.45) is 5.93. The van der Waals surface area contributed by atoms with Gasteiger partial charge in [-0.15, -0.1) is 0 Å². The topological polar surface area (TPSA) is 46.3 Å². The summed E-state index contributed by atoms with van der Waals surface area (Å²) in [6, 6.07) is 9.78. The second-order valence-electron chi connectivity index (χ2n) is 5.75. The van der Waals surface area contributed by atoms with Gasteiger partial charge in [-0.2, -0.15) is 0 Å². The van der Waals surface area contributed by atoms with Crippen LogP contribution in [-0.4, -0.2) is 17.4 Å². The lowest BCUT2D eigenvalue weighted by Crippen LogP contribution is -2.50. The van der Waals surface area contributed by atoms with Crippen LogP contribution in [0.25, 0.3) is 0 Å². The molecule has 21 heavy (non-hydrogen) atoms. The zero-order chi connectivity index (χ0) is 15.3. The van der Waals surface area contributed by atoms with Gasteiger partial charge >= 0.3 is 0 Å². The first-order chi connectivity index (χ1) is 10.1. The number of amides is 1. The Hall–Kier alpha value is -1.42. The zero-order valence-corrected chi connectivity index (χ0v) is 13.5. The fourth-order valence-electron chi connectivity index (χ4n) is 3.21. The third kappa shape index (κ3) is 3.26. The Balaban J connectivity index is 2.34. The van der Waals surface area contributed by atoms with Crippen molar-refractivity contribution in [2.45, 2.75) is 45.4 Å². The fourth-order valence-corrected chi connectivity index (χ4v) is 3.50. The number of rotatable bonds is 4. The number of thiocarbonyl (C=S) groups is 1. The highest BCUT2D eigenvalue weighted by molar-refractivity contribution is 7.80. The fraction of sp³-hybridized carbons (Fsp3) is 0.529. The molecule has 0 saturated heterocycles. The molecule has 0 heterocycles. The minimum absolute atomic E-state index is 0.0746. The van der Waals surface area contributed by atoms with Crippen LogP contribution in [0.3, 0.4) is 0 Å². The molecule has 0 aliphatic heterocycles. The van der Waals surface area contributed by atoms with E-state index in [0.717, 1.165) is 44.2 Å². The molecule has 1 aliphatic carbocycles. The van der Waals surface area contributed by atoms with Crippen LogP contribution in [0.2, 0.25) is 0 Å². The van der Waals surface area contributed by atoms with E-state index in [1.807, 2.05) is 42.2 Å². The van der Waals surface area contributed by atoms with Gasteiger partial charge in [0, 0.05) is 12.2 Å². The average Bonchev–Trinajstić information content (AvgIpc) is 2.76. The van der Waals surface area contributed by atoms with Crippen LogP contribution in [0.1, 0.15) is 45.4 Å². The molecule has 2 N–H and O–H groups in total. The van der Waals surface area contributed by atoms with Gasteiger partial charge in [-0.1, -0.05) is 56.1 Å². The van der Waals surface area contributed by atoms with Crippen LogP contribution in [0.15, 0.2) is 30.3 Å². The van der Waals surface area contributed by atoms with Crippen molar-refractivity contribution in [3.63, 3.8) is 0 Å². The Labute approximate surface area is 132 Å². The summed E-state index contributed by atoms with van der Waals surface area (Å²) in [5, 5.41) is 0. The number of benzene rings is 1. The second-order valence-corrected chi connectivity index (χ2v) is 6.19. The minimum atomic E-state index is -0.655. The Morgan fingerprint density at radius 2 is 1.76 bits per heavy atom. The SMILES string of the molecule is CCN(C(=O)C1(C(N)=S)CCCCCC1)c1ccccc1. The van der Waals surface area contributed by atoms with Crippen LogP contribution in [0, 0.1) is 5.41 Å². The van der Waals surface area contributed by atoms with E-state index < -0.39 is 5.41 Å². The van der Waals surface area contributed by atoms with Crippen molar-refractivity contribution >= 4 is 28.8 Å². The molecule has 2 rings (SSSR count). The van der Waals surface area contributed by atoms with Crippen LogP contribution in [0.4, 0.5) is 5.69 Å². The lowest BCUT2D eigenvalue weighted by molar-refractivity contribution is -0.125. The molecular formula is C17H24N2OS. The van der Waals surface area contributed by atoms with Crippen LogP contribution in [0.5, 0.6) is 0 Å². The van der Waals surface area contributed by atoms with Crippen molar-refractivity contribution in [3.8, 4) is 0 Å². The minimum Gasteiger partial charge on any atom is -0.392 e. The molecule has 0 atom stereocenters. The van der Waals surface area contributed by atoms with E-state index in [0.29, 0.717) is 11.5 Å². The molecule has 1 fully saturated rings. The molecular weight excluding hydrogens is 280 g/mol. The first-order valence-corrected chi connectivity index (χ1v) is 8.19. The molecule has 0 aromatic heterocycles. The van der Waals surface area contributed by atoms with Crippen molar-refractivity contribution in [1.29, 1.82) is 0 Å². The molecule has 0 spiro atoms. The number of hydrogen-bond acceptors (Lipinski definition) is 2. The summed E-state index contributed by atoms with van der Waals surface area (Å²) in [5.74, 6) is 0.0746. The van der Waals surface area contributed by atoms with Crippen molar-refractivity contribution < 1.29 is 4.79 Å². The predicted octanol–water partition coefficient (Wildman–Crippen LogP) is 3.67. The number of anilines is 1. The lowest BCUT2D eigenvalue weighted by Gasteiger charge is -2.35. The Morgan fingerprint density at radius 1 is 1.19 bits per heavy atom. The normalized spacial score (nSPS) is 17.8. The van der Waals surface area contributed by atoms with Gasteiger partial charge in [0.05, 0.1) is 10.4 Å². The molecule has 1 aromatic rings. The van der Waals surface area contributed by atoms with Crippen LogP contribution in [-0.2, 0) is 4.79 Å². The molecule has 114 valence electrons. The van der Waals surface area contributed by atoms with E-state index in [-0.39, 0.29) is 5.91 Å². The Morgan fingerprint density at radius 3 is 2.24 bits per heavy atom. The summed E-state index contributed by atoms with van der Waals surface area (Å²) < 4.78 is 0. The predicted molar refractivity (Wildman–Crippen MR) is 91.4 cm³/mol. The molecule has 0 bridgehead atoms. The van der Waals surface area contributed by atoms with Gasteiger partial charge < -0.3 is 10.6 Å². The van der Waals surface area contributed by atoms with Gasteiger partial charge in [0.15, 0.2) is 0 Å². The van der Waals surface area contributed by atoms with E-state index >= 15 is 0 Å². The maximum Gasteiger partial charge on any atom is 0.240 e. The van der Waals surface area contributed by atoms with E-state index in [1.165, 1.54) is 0 Å². The first-order valence-electron chi connectivity index (χ1n) is 7.79. The summed E-state index contributed by atoms with van der Waals surface area (Å²) in [4.78, 5) is 15.4. The summed E-state index contributed by atoms with van der Waals surface area (Å²) in [5.41, 5.74) is 6.29. The number of carbonyl (C=O) groups is 1. The molecule has 1 amide bonds. The first kappa shape index (κ1) is 16.0. The third-order valence-electron chi connectivity index (χ3n) is 4.47. The summed E-state index contributed by atoms with van der Waals surface area (Å²) >= 11 is 5.31. The second kappa shape index (κ2) is 7.03. The van der Waals surface area contributed by atoms with Gasteiger partial charge in [0.25, 0.3) is 0 Å². The quantitative estimate of drug-likeness (QED) is 0.682. The highest BCUT2D eigenvalue weighted by Crippen LogP contribution is 2.38. The molecule has 4 heteroatoms. The van der Waals surface area contributed by atoms with E-state index in [4.69, 9.17) is 18.0 Å². The number of para-hydroxylation sites is 1. The molecule has 0 unspecified atom stereocenters. The van der Waals surface area contributed by atoms with Gasteiger partial charge in [-0.3, -0.25) is 4.79 Å². The highest BCUT2D eigenvalue weighted by Gasteiger charge is 2.43. The molecule has 1 aliphatic rings. The number of nitrogens with two attached hydrogens (primary N) is 1. The molecule has 0 radical (unpaired) electrons. The van der Waals surface area contributed by atoms with Gasteiger partial charge in [0.1, 0.15) is 0 Å². The smallest absolute Gasteiger partial charge is 0.240 e. The van der Waals surface area contributed by atoms with Crippen molar-refractivity contribution in [2.75, 3.05) is 11.4 Å². The van der Waals surface area contributed by atoms with Gasteiger partial charge in [-0.25, -0.2) is 0 Å². The number of hydrogen-bond donors (Lipinski definition) is 1. The van der Waals surface area contributed by atoms with Crippen molar-refractivity contribution in [3.05, 3.63) is 30.3 Å². The lowest BCUT2D eigenvalue weighted by atomic mass is 9.78. The third-order valence-corrected chi connectivity index (χ3v) is 4.86. The standard InChI is InChI=1S/C17H24N2OS/c1-2-19(14-10-6-5-7-11-14)16(20)17(15(18)21)12-8-3-4-9-13-17/h5-7,10-11H,2-4,8-9,12-13H2,1H3,(H2,18,21). The molecule has 3 nitrogen and oxygen atoms in total. The average molecular weight is 304 g/mol.